The molecule has 0 heterocycles. The maximum Gasteiger partial charge on any atom is 0.453 e. The van der Waals surface area contributed by atoms with E-state index in [0.717, 1.165) is 30.3 Å². The highest BCUT2D eigenvalue weighted by atomic mass is 19.4. The molecular weight excluding hydrogens is 617 g/mol. The molecule has 0 aliphatic heterocycles. The first-order chi connectivity index (χ1) is 21.0. The Labute approximate surface area is 252 Å². The highest BCUT2D eigenvalue weighted by molar-refractivity contribution is 5.92. The Morgan fingerprint density at radius 2 is 1.47 bits per heavy atom. The van der Waals surface area contributed by atoms with Crippen LogP contribution in [0.5, 0.6) is 11.5 Å². The second-order valence-corrected chi connectivity index (χ2v) is 9.56. The number of carbonyl (C=O) groups is 2. The van der Waals surface area contributed by atoms with Crippen molar-refractivity contribution < 1.29 is 59.6 Å². The van der Waals surface area contributed by atoms with E-state index in [-0.39, 0.29) is 47.0 Å². The normalized spacial score (nSPS) is 12.2. The van der Waals surface area contributed by atoms with Gasteiger partial charge in [0.25, 0.3) is 0 Å². The molecule has 3 aromatic rings. The van der Waals surface area contributed by atoms with Crippen LogP contribution in [0.1, 0.15) is 39.9 Å². The molecule has 0 atom stereocenters. The number of carbonyl (C=O) groups excluding carboxylic acids is 1. The second-order valence-electron chi connectivity index (χ2n) is 9.56. The molecule has 0 saturated carbocycles. The van der Waals surface area contributed by atoms with Crippen molar-refractivity contribution in [2.24, 2.45) is 0 Å². The maximum absolute atomic E-state index is 14.7. The van der Waals surface area contributed by atoms with E-state index in [9.17, 15) is 45.4 Å². The topological polar surface area (TPSA) is 134 Å². The molecule has 8 nitrogen and oxygen atoms in total. The average molecular weight is 645 g/mol. The molecule has 0 aliphatic rings. The highest BCUT2D eigenvalue weighted by Gasteiger charge is 2.56. The van der Waals surface area contributed by atoms with E-state index < -0.39 is 55.2 Å². The number of nitrogens with two attached hydrogens (primary N) is 2. The molecule has 0 aliphatic carbocycles. The van der Waals surface area contributed by atoms with Gasteiger partial charge in [-0.3, -0.25) is 0 Å². The number of esters is 1. The molecule has 45 heavy (non-hydrogen) atoms. The van der Waals surface area contributed by atoms with Gasteiger partial charge in [-0.15, -0.1) is 0 Å². The van der Waals surface area contributed by atoms with Crippen molar-refractivity contribution in [1.82, 2.24) is 0 Å². The zero-order valence-electron chi connectivity index (χ0n) is 23.3. The van der Waals surface area contributed by atoms with E-state index in [2.05, 4.69) is 0 Å². The summed E-state index contributed by atoms with van der Waals surface area (Å²) in [6.45, 7) is -0.657. The van der Waals surface area contributed by atoms with Gasteiger partial charge in [-0.25, -0.2) is 9.59 Å². The van der Waals surface area contributed by atoms with Gasteiger partial charge < -0.3 is 30.8 Å². The number of carboxylic acids is 1. The minimum Gasteiger partial charge on any atom is -0.494 e. The largest absolute Gasteiger partial charge is 0.494 e. The number of aromatic carboxylic acids is 1. The molecule has 0 saturated heterocycles. The van der Waals surface area contributed by atoms with Crippen LogP contribution in [0.4, 0.5) is 42.1 Å². The zero-order chi connectivity index (χ0) is 33.4. The van der Waals surface area contributed by atoms with E-state index in [1.54, 1.807) is 0 Å². The fraction of sp³-hybridized carbons (Fsp3) is 0.267. The Morgan fingerprint density at radius 3 is 2.07 bits per heavy atom. The number of nitrogen functional groups attached to an aromatic ring is 2. The van der Waals surface area contributed by atoms with Crippen LogP contribution in [0.3, 0.4) is 0 Å². The Hall–Kier alpha value is -4.95. The van der Waals surface area contributed by atoms with Crippen LogP contribution in [-0.2, 0) is 22.1 Å². The van der Waals surface area contributed by atoms with Gasteiger partial charge in [0.2, 0.25) is 0 Å². The van der Waals surface area contributed by atoms with Gasteiger partial charge in [0.05, 0.1) is 24.3 Å². The molecule has 0 unspecified atom stereocenters. The number of carboxylic acid groups (broad SMARTS) is 1. The van der Waals surface area contributed by atoms with Crippen molar-refractivity contribution in [1.29, 1.82) is 0 Å². The Bertz CT molecular complexity index is 1510. The van der Waals surface area contributed by atoms with Gasteiger partial charge in [-0.1, -0.05) is 12.1 Å². The van der Waals surface area contributed by atoms with Crippen molar-refractivity contribution in [2.75, 3.05) is 24.7 Å². The molecule has 3 aromatic carbocycles. The first kappa shape index (κ1) is 34.5. The molecule has 0 bridgehead atoms. The lowest BCUT2D eigenvalue weighted by Crippen LogP contribution is -2.36. The summed E-state index contributed by atoms with van der Waals surface area (Å²) in [5.41, 5.74) is 11.8. The number of rotatable bonds is 14. The van der Waals surface area contributed by atoms with Gasteiger partial charge in [0, 0.05) is 30.3 Å². The molecule has 5 N–H and O–H groups in total. The van der Waals surface area contributed by atoms with Crippen molar-refractivity contribution in [2.45, 2.75) is 37.5 Å². The number of halogens is 7. The minimum absolute atomic E-state index is 0.0149. The third-order valence-corrected chi connectivity index (χ3v) is 6.18. The summed E-state index contributed by atoms with van der Waals surface area (Å²) < 4.78 is 107. The monoisotopic (exact) mass is 644 g/mol. The summed E-state index contributed by atoms with van der Waals surface area (Å²) in [5, 5.41) is 9.33. The summed E-state index contributed by atoms with van der Waals surface area (Å²) >= 11 is 0. The summed E-state index contributed by atoms with van der Waals surface area (Å²) in [7, 11) is 0. The first-order valence-corrected chi connectivity index (χ1v) is 13.1. The van der Waals surface area contributed by atoms with Crippen molar-refractivity contribution in [3.63, 3.8) is 0 Å². The van der Waals surface area contributed by atoms with E-state index >= 15 is 0 Å². The van der Waals surface area contributed by atoms with Crippen molar-refractivity contribution in [3.8, 4) is 11.5 Å². The van der Waals surface area contributed by atoms with E-state index in [1.165, 1.54) is 42.5 Å². The van der Waals surface area contributed by atoms with E-state index in [4.69, 9.17) is 25.7 Å². The first-order valence-electron chi connectivity index (χ1n) is 13.1. The van der Waals surface area contributed by atoms with Crippen LogP contribution in [0.2, 0.25) is 0 Å². The van der Waals surface area contributed by atoms with Crippen LogP contribution in [0, 0.1) is 0 Å². The smallest absolute Gasteiger partial charge is 0.453 e. The van der Waals surface area contributed by atoms with Gasteiger partial charge in [0.1, 0.15) is 11.5 Å². The second kappa shape index (κ2) is 14.2. The molecule has 242 valence electrons. The molecule has 3 rings (SSSR count). The highest BCUT2D eigenvalue weighted by Crippen LogP contribution is 2.39. The number of ether oxygens (including phenoxy) is 3. The van der Waals surface area contributed by atoms with E-state index in [0.29, 0.717) is 5.56 Å². The van der Waals surface area contributed by atoms with Gasteiger partial charge in [-0.05, 0) is 72.2 Å². The molecule has 0 spiro atoms. The molecule has 0 aromatic heterocycles. The number of benzene rings is 3. The predicted molar refractivity (Wildman–Crippen MR) is 149 cm³/mol. The molecular formula is C30H27F7N2O6. The van der Waals surface area contributed by atoms with Crippen LogP contribution in [0.15, 0.2) is 66.7 Å². The van der Waals surface area contributed by atoms with Crippen molar-refractivity contribution in [3.05, 3.63) is 89.0 Å². The zero-order valence-corrected chi connectivity index (χ0v) is 23.3. The third-order valence-electron chi connectivity index (χ3n) is 6.18. The molecule has 0 fully saturated rings. The van der Waals surface area contributed by atoms with Crippen LogP contribution >= 0.6 is 0 Å². The third kappa shape index (κ3) is 9.78. The minimum atomic E-state index is -5.67. The quantitative estimate of drug-likeness (QED) is 0.0572. The molecule has 0 amide bonds. The number of hydrogen-bond donors (Lipinski definition) is 3. The molecule has 0 radical (unpaired) electrons. The lowest BCUT2D eigenvalue weighted by molar-refractivity contribution is -0.284. The summed E-state index contributed by atoms with van der Waals surface area (Å²) in [6.07, 6.45) is -9.10. The Balaban J connectivity index is 1.48. The summed E-state index contributed by atoms with van der Waals surface area (Å²) in [5.74, 6) is -7.08. The molecule has 15 heteroatoms. The van der Waals surface area contributed by atoms with Crippen molar-refractivity contribution >= 4 is 29.4 Å². The Kier molecular flexibility index (Phi) is 10.9. The number of anilines is 2. The fourth-order valence-electron chi connectivity index (χ4n) is 3.88. The van der Waals surface area contributed by atoms with Crippen LogP contribution < -0.4 is 20.9 Å². The van der Waals surface area contributed by atoms with Crippen LogP contribution in [0.25, 0.3) is 6.08 Å². The van der Waals surface area contributed by atoms with Gasteiger partial charge >= 0.3 is 30.1 Å². The summed E-state index contributed by atoms with van der Waals surface area (Å²) in [4.78, 5) is 23.5. The van der Waals surface area contributed by atoms with Gasteiger partial charge in [0.15, 0.2) is 0 Å². The summed E-state index contributed by atoms with van der Waals surface area (Å²) in [6, 6.07) is 12.0. The lowest BCUT2D eigenvalue weighted by Gasteiger charge is -2.20. The number of alkyl halides is 7. The van der Waals surface area contributed by atoms with Gasteiger partial charge in [-0.2, -0.15) is 30.7 Å². The van der Waals surface area contributed by atoms with Crippen LogP contribution in [-0.4, -0.2) is 42.4 Å². The standard InChI is InChI=1S/C30H27F7N2O6/c31-28(32,30(35,36)37)13-1-14-43-21-9-5-19(6-10-21)29(33,34)45-22-7-2-18(3-8-22)4-11-26(40)44-15-12-23-24(27(41)42)16-20(38)17-25(23)39/h2-11,16-17H,1,12-15,38-39H2,(H,41,42). The average Bonchev–Trinajstić information content (AvgIpc) is 2.95. The maximum atomic E-state index is 14.7. The van der Waals surface area contributed by atoms with E-state index in [1.807, 2.05) is 0 Å². The SMILES string of the molecule is Nc1cc(N)c(CCOC(=O)C=Cc2ccc(OC(F)(F)c3ccc(OCCCC(F)(F)C(F)(F)F)cc3)cc2)c(C(=O)O)c1. The predicted octanol–water partition coefficient (Wildman–Crippen LogP) is 6.83. The lowest BCUT2D eigenvalue weighted by atomic mass is 10.0. The number of hydrogen-bond acceptors (Lipinski definition) is 7. The fourth-order valence-corrected chi connectivity index (χ4v) is 3.88. The Morgan fingerprint density at radius 1 is 0.844 bits per heavy atom.